The minimum Gasteiger partial charge on any atom is -0.379 e. The van der Waals surface area contributed by atoms with Crippen LogP contribution in [0.5, 0.6) is 0 Å². The van der Waals surface area contributed by atoms with Crippen LogP contribution in [0.3, 0.4) is 0 Å². The molecule has 1 aliphatic carbocycles. The summed E-state index contributed by atoms with van der Waals surface area (Å²) in [6.45, 7) is 6.26. The Balaban J connectivity index is 1.31. The Morgan fingerprint density at radius 3 is 2.78 bits per heavy atom. The lowest BCUT2D eigenvalue weighted by molar-refractivity contribution is -0.133. The second-order valence-corrected chi connectivity index (χ2v) is 9.55. The molecule has 1 N–H and O–H groups in total. The number of nitrogens with zero attached hydrogens (tertiary/aromatic N) is 4. The first-order chi connectivity index (χ1) is 15.5. The van der Waals surface area contributed by atoms with Gasteiger partial charge in [0.25, 0.3) is 0 Å². The number of aromatic nitrogens is 3. The highest BCUT2D eigenvalue weighted by molar-refractivity contribution is 5.81. The average molecular weight is 440 g/mol. The molecule has 0 unspecified atom stereocenters. The first-order valence-corrected chi connectivity index (χ1v) is 12.0. The molecule has 0 radical (unpaired) electrons. The Labute approximate surface area is 188 Å². The molecule has 0 bridgehead atoms. The van der Waals surface area contributed by atoms with Crippen molar-refractivity contribution in [2.24, 2.45) is 5.92 Å². The maximum Gasteiger partial charge on any atom is 0.226 e. The molecule has 0 aromatic carbocycles. The van der Waals surface area contributed by atoms with E-state index in [0.29, 0.717) is 25.4 Å². The van der Waals surface area contributed by atoms with Crippen molar-refractivity contribution in [3.05, 3.63) is 28.7 Å². The highest BCUT2D eigenvalue weighted by Gasteiger charge is 2.39. The van der Waals surface area contributed by atoms with E-state index >= 15 is 0 Å². The van der Waals surface area contributed by atoms with Gasteiger partial charge in [-0.05, 0) is 64.4 Å². The molecule has 5 rings (SSSR count). The quantitative estimate of drug-likeness (QED) is 0.748. The predicted octanol–water partition coefficient (Wildman–Crippen LogP) is 2.65. The largest absolute Gasteiger partial charge is 0.379 e. The van der Waals surface area contributed by atoms with Crippen LogP contribution in [0.1, 0.15) is 73.6 Å². The van der Waals surface area contributed by atoms with Gasteiger partial charge in [0.15, 0.2) is 5.65 Å². The molecule has 32 heavy (non-hydrogen) atoms. The summed E-state index contributed by atoms with van der Waals surface area (Å²) in [7, 11) is 0. The van der Waals surface area contributed by atoms with E-state index in [1.807, 2.05) is 29.3 Å². The van der Waals surface area contributed by atoms with Crippen molar-refractivity contribution in [2.45, 2.75) is 77.3 Å². The smallest absolute Gasteiger partial charge is 0.226 e. The van der Waals surface area contributed by atoms with Gasteiger partial charge in [-0.3, -0.25) is 9.59 Å². The molecule has 172 valence electrons. The number of amides is 2. The van der Waals surface area contributed by atoms with Crippen LogP contribution in [0.2, 0.25) is 0 Å². The molecule has 4 heterocycles. The van der Waals surface area contributed by atoms with Gasteiger partial charge in [0, 0.05) is 42.9 Å². The summed E-state index contributed by atoms with van der Waals surface area (Å²) in [6.07, 6.45) is 7.06. The third-order valence-electron chi connectivity index (χ3n) is 7.11. The molecule has 2 atom stereocenters. The van der Waals surface area contributed by atoms with Crippen LogP contribution in [0, 0.1) is 19.8 Å². The van der Waals surface area contributed by atoms with E-state index < -0.39 is 0 Å². The zero-order chi connectivity index (χ0) is 22.2. The summed E-state index contributed by atoms with van der Waals surface area (Å²) < 4.78 is 7.35. The number of nitrogens with one attached hydrogen (secondary N) is 1. The topological polar surface area (TPSA) is 88.8 Å². The fourth-order valence-electron chi connectivity index (χ4n) is 5.16. The minimum absolute atomic E-state index is 0.0523. The van der Waals surface area contributed by atoms with Crippen LogP contribution in [-0.2, 0) is 20.7 Å². The minimum atomic E-state index is 0.0523. The molecule has 2 aliphatic heterocycles. The molecule has 2 aromatic heterocycles. The Morgan fingerprint density at radius 1 is 1.19 bits per heavy atom. The van der Waals surface area contributed by atoms with Crippen molar-refractivity contribution < 1.29 is 14.3 Å². The Kier molecular flexibility index (Phi) is 5.88. The van der Waals surface area contributed by atoms with E-state index in [9.17, 15) is 9.59 Å². The zero-order valence-corrected chi connectivity index (χ0v) is 19.1. The van der Waals surface area contributed by atoms with Gasteiger partial charge in [0.2, 0.25) is 11.8 Å². The number of hydrogen-bond acceptors (Lipinski definition) is 5. The van der Waals surface area contributed by atoms with Crippen molar-refractivity contribution in [1.29, 1.82) is 0 Å². The Morgan fingerprint density at radius 2 is 2.03 bits per heavy atom. The fourth-order valence-corrected chi connectivity index (χ4v) is 5.16. The highest BCUT2D eigenvalue weighted by Crippen LogP contribution is 2.38. The number of hydrogen-bond donors (Lipinski definition) is 1. The van der Waals surface area contributed by atoms with Crippen molar-refractivity contribution in [2.75, 3.05) is 19.8 Å². The van der Waals surface area contributed by atoms with Gasteiger partial charge >= 0.3 is 0 Å². The maximum atomic E-state index is 12.7. The fraction of sp³-hybridized carbons (Fsp3) is 0.667. The standard InChI is InChI=1S/C24H33N5O3/c1-15-19(9-10-23(30)26-18-5-4-12-32-14-18)16(2)29-22(25-15)13-20(27-29)21-6-3-11-28(21)24(31)17-7-8-17/h13,17-18,21H,3-12,14H2,1-2H3,(H,26,30)/t18-,21-/m1/s1. The normalized spacial score (nSPS) is 23.6. The van der Waals surface area contributed by atoms with E-state index in [-0.39, 0.29) is 23.9 Å². The van der Waals surface area contributed by atoms with Crippen molar-refractivity contribution >= 4 is 17.5 Å². The van der Waals surface area contributed by atoms with E-state index in [2.05, 4.69) is 5.32 Å². The molecular weight excluding hydrogens is 406 g/mol. The van der Waals surface area contributed by atoms with Gasteiger partial charge in [0.1, 0.15) is 0 Å². The monoisotopic (exact) mass is 439 g/mol. The number of likely N-dealkylation sites (tertiary alicyclic amines) is 1. The van der Waals surface area contributed by atoms with Gasteiger partial charge in [0.05, 0.1) is 24.4 Å². The van der Waals surface area contributed by atoms with Crippen LogP contribution in [-0.4, -0.2) is 57.1 Å². The third kappa shape index (κ3) is 4.25. The highest BCUT2D eigenvalue weighted by atomic mass is 16.5. The summed E-state index contributed by atoms with van der Waals surface area (Å²) >= 11 is 0. The molecule has 0 spiro atoms. The van der Waals surface area contributed by atoms with E-state index in [4.69, 9.17) is 14.8 Å². The van der Waals surface area contributed by atoms with Crippen LogP contribution in [0.25, 0.3) is 5.65 Å². The molecule has 2 aromatic rings. The first-order valence-electron chi connectivity index (χ1n) is 12.0. The van der Waals surface area contributed by atoms with E-state index in [0.717, 1.165) is 80.0 Å². The summed E-state index contributed by atoms with van der Waals surface area (Å²) in [4.78, 5) is 32.0. The summed E-state index contributed by atoms with van der Waals surface area (Å²) in [5.41, 5.74) is 4.77. The summed E-state index contributed by atoms with van der Waals surface area (Å²) in [5.74, 6) is 0.578. The van der Waals surface area contributed by atoms with Crippen LogP contribution in [0.4, 0.5) is 0 Å². The van der Waals surface area contributed by atoms with Crippen LogP contribution in [0.15, 0.2) is 6.07 Å². The second kappa shape index (κ2) is 8.81. The number of carbonyl (C=O) groups excluding carboxylic acids is 2. The van der Waals surface area contributed by atoms with Crippen molar-refractivity contribution in [1.82, 2.24) is 24.8 Å². The van der Waals surface area contributed by atoms with Gasteiger partial charge in [-0.2, -0.15) is 5.10 Å². The third-order valence-corrected chi connectivity index (χ3v) is 7.11. The van der Waals surface area contributed by atoms with Gasteiger partial charge in [-0.1, -0.05) is 0 Å². The number of carbonyl (C=O) groups is 2. The van der Waals surface area contributed by atoms with Gasteiger partial charge in [-0.25, -0.2) is 9.50 Å². The lowest BCUT2D eigenvalue weighted by Gasteiger charge is -2.23. The average Bonchev–Trinajstić information content (AvgIpc) is 3.36. The summed E-state index contributed by atoms with van der Waals surface area (Å²) in [6, 6.07) is 2.21. The second-order valence-electron chi connectivity index (χ2n) is 9.55. The number of rotatable bonds is 6. The van der Waals surface area contributed by atoms with Crippen LogP contribution < -0.4 is 5.32 Å². The lowest BCUT2D eigenvalue weighted by Crippen LogP contribution is -2.40. The van der Waals surface area contributed by atoms with Crippen molar-refractivity contribution in [3.63, 3.8) is 0 Å². The maximum absolute atomic E-state index is 12.7. The molecule has 2 amide bonds. The zero-order valence-electron chi connectivity index (χ0n) is 19.1. The summed E-state index contributed by atoms with van der Waals surface area (Å²) in [5, 5.41) is 7.96. The first kappa shape index (κ1) is 21.4. The number of ether oxygens (including phenoxy) is 1. The Bertz CT molecular complexity index is 1020. The molecule has 2 saturated heterocycles. The van der Waals surface area contributed by atoms with Crippen molar-refractivity contribution in [3.8, 4) is 0 Å². The van der Waals surface area contributed by atoms with E-state index in [1.165, 1.54) is 0 Å². The lowest BCUT2D eigenvalue weighted by atomic mass is 10.1. The van der Waals surface area contributed by atoms with Gasteiger partial charge in [-0.15, -0.1) is 0 Å². The van der Waals surface area contributed by atoms with Gasteiger partial charge < -0.3 is 15.0 Å². The number of fused-ring (bicyclic) bond motifs is 1. The predicted molar refractivity (Wildman–Crippen MR) is 119 cm³/mol. The molecular formula is C24H33N5O3. The molecule has 3 aliphatic rings. The molecule has 8 nitrogen and oxygen atoms in total. The Hall–Kier alpha value is -2.48. The van der Waals surface area contributed by atoms with E-state index in [1.54, 1.807) is 0 Å². The molecule has 8 heteroatoms. The van der Waals surface area contributed by atoms with Crippen LogP contribution >= 0.6 is 0 Å². The SMILES string of the molecule is Cc1nc2cc([C@H]3CCCN3C(=O)C3CC3)nn2c(C)c1CCC(=O)N[C@@H]1CCCOC1. The molecule has 3 fully saturated rings. The number of aryl methyl sites for hydroxylation is 2. The molecule has 1 saturated carbocycles.